The van der Waals surface area contributed by atoms with Crippen molar-refractivity contribution in [3.05, 3.63) is 40.4 Å². The molecule has 0 heterocycles. The normalized spacial score (nSPS) is 9.93. The lowest BCUT2D eigenvalue weighted by molar-refractivity contribution is 1.07. The van der Waals surface area contributed by atoms with Crippen LogP contribution in [0.3, 0.4) is 0 Å². The second-order valence-corrected chi connectivity index (χ2v) is 4.22. The summed E-state index contributed by atoms with van der Waals surface area (Å²) in [6, 6.07) is 4.31. The van der Waals surface area contributed by atoms with Gasteiger partial charge in [-0.1, -0.05) is 22.0 Å². The second kappa shape index (κ2) is 5.20. The zero-order chi connectivity index (χ0) is 10.6. The van der Waals surface area contributed by atoms with Crippen molar-refractivity contribution in [1.82, 2.24) is 0 Å². The van der Waals surface area contributed by atoms with E-state index in [1.807, 2.05) is 6.08 Å². The summed E-state index contributed by atoms with van der Waals surface area (Å²) in [4.78, 5) is 0. The minimum atomic E-state index is 0.948. The molecule has 1 nitrogen and oxygen atoms in total. The van der Waals surface area contributed by atoms with Gasteiger partial charge in [-0.25, -0.2) is 0 Å². The average Bonchev–Trinajstić information content (AvgIpc) is 2.14. The van der Waals surface area contributed by atoms with Gasteiger partial charge in [0.25, 0.3) is 0 Å². The maximum Gasteiger partial charge on any atom is 0.0346 e. The summed E-state index contributed by atoms with van der Waals surface area (Å²) in [5.74, 6) is 0. The van der Waals surface area contributed by atoms with Crippen LogP contribution in [0.5, 0.6) is 0 Å². The van der Waals surface area contributed by atoms with Crippen molar-refractivity contribution in [2.75, 3.05) is 11.9 Å². The average molecular weight is 254 g/mol. The molecule has 0 unspecified atom stereocenters. The van der Waals surface area contributed by atoms with Crippen LogP contribution in [0.2, 0.25) is 0 Å². The Bertz CT molecular complexity index is 308. The number of aryl methyl sites for hydroxylation is 2. The van der Waals surface area contributed by atoms with E-state index in [1.165, 1.54) is 21.3 Å². The minimum absolute atomic E-state index is 0.948. The predicted molar refractivity (Wildman–Crippen MR) is 66.9 cm³/mol. The first-order valence-corrected chi connectivity index (χ1v) is 5.56. The van der Waals surface area contributed by atoms with E-state index in [-0.39, 0.29) is 0 Å². The van der Waals surface area contributed by atoms with Gasteiger partial charge < -0.3 is 5.32 Å². The van der Waals surface area contributed by atoms with Gasteiger partial charge in [-0.15, -0.1) is 6.58 Å². The smallest absolute Gasteiger partial charge is 0.0346 e. The van der Waals surface area contributed by atoms with Crippen LogP contribution in [0.4, 0.5) is 5.69 Å². The molecule has 0 bridgehead atoms. The molecule has 0 spiro atoms. The van der Waals surface area contributed by atoms with Crippen molar-refractivity contribution in [2.45, 2.75) is 20.3 Å². The van der Waals surface area contributed by atoms with E-state index in [1.54, 1.807) is 0 Å². The standard InChI is InChI=1S/C12H16BrN/c1-4-5-6-14-11-7-9(2)12(13)10(3)8-11/h4,7-8,14H,1,5-6H2,2-3H3. The van der Waals surface area contributed by atoms with Crippen molar-refractivity contribution < 1.29 is 0 Å². The summed E-state index contributed by atoms with van der Waals surface area (Å²) in [7, 11) is 0. The Hall–Kier alpha value is -0.760. The molecular formula is C12H16BrN. The monoisotopic (exact) mass is 253 g/mol. The van der Waals surface area contributed by atoms with Gasteiger partial charge in [0, 0.05) is 16.7 Å². The molecule has 1 aromatic rings. The summed E-state index contributed by atoms with van der Waals surface area (Å²) >= 11 is 3.55. The van der Waals surface area contributed by atoms with Crippen LogP contribution < -0.4 is 5.32 Å². The van der Waals surface area contributed by atoms with Crippen LogP contribution in [0, 0.1) is 13.8 Å². The molecule has 0 aliphatic rings. The van der Waals surface area contributed by atoms with Crippen LogP contribution in [-0.2, 0) is 0 Å². The highest BCUT2D eigenvalue weighted by atomic mass is 79.9. The fourth-order valence-corrected chi connectivity index (χ4v) is 1.60. The Morgan fingerprint density at radius 2 is 1.93 bits per heavy atom. The third kappa shape index (κ3) is 2.88. The lowest BCUT2D eigenvalue weighted by Gasteiger charge is -2.09. The number of benzene rings is 1. The van der Waals surface area contributed by atoms with E-state index < -0.39 is 0 Å². The van der Waals surface area contributed by atoms with Gasteiger partial charge in [0.05, 0.1) is 0 Å². The molecule has 0 fully saturated rings. The van der Waals surface area contributed by atoms with E-state index in [0.29, 0.717) is 0 Å². The molecule has 76 valence electrons. The molecule has 0 saturated carbocycles. The van der Waals surface area contributed by atoms with Crippen LogP contribution >= 0.6 is 15.9 Å². The first-order valence-electron chi connectivity index (χ1n) is 4.76. The molecule has 14 heavy (non-hydrogen) atoms. The highest BCUT2D eigenvalue weighted by molar-refractivity contribution is 9.10. The maximum absolute atomic E-state index is 3.69. The van der Waals surface area contributed by atoms with E-state index in [2.05, 4.69) is 53.8 Å². The van der Waals surface area contributed by atoms with Gasteiger partial charge >= 0.3 is 0 Å². The Balaban J connectivity index is 2.74. The van der Waals surface area contributed by atoms with Crippen molar-refractivity contribution in [1.29, 1.82) is 0 Å². The number of hydrogen-bond donors (Lipinski definition) is 1. The Labute approximate surface area is 94.3 Å². The zero-order valence-electron chi connectivity index (χ0n) is 8.73. The van der Waals surface area contributed by atoms with E-state index in [4.69, 9.17) is 0 Å². The summed E-state index contributed by atoms with van der Waals surface area (Å²) in [6.45, 7) is 8.86. The first-order chi connectivity index (χ1) is 6.65. The molecule has 0 radical (unpaired) electrons. The van der Waals surface area contributed by atoms with Crippen LogP contribution in [0.1, 0.15) is 17.5 Å². The zero-order valence-corrected chi connectivity index (χ0v) is 10.3. The maximum atomic E-state index is 3.69. The number of halogens is 1. The van der Waals surface area contributed by atoms with Crippen molar-refractivity contribution >= 4 is 21.6 Å². The molecule has 2 heteroatoms. The largest absolute Gasteiger partial charge is 0.385 e. The Kier molecular flexibility index (Phi) is 4.21. The molecule has 1 rings (SSSR count). The van der Waals surface area contributed by atoms with Crippen molar-refractivity contribution in [3.63, 3.8) is 0 Å². The van der Waals surface area contributed by atoms with Gasteiger partial charge in [0.2, 0.25) is 0 Å². The molecule has 0 atom stereocenters. The molecule has 0 aliphatic carbocycles. The number of anilines is 1. The van der Waals surface area contributed by atoms with Crippen molar-refractivity contribution in [2.24, 2.45) is 0 Å². The summed E-state index contributed by atoms with van der Waals surface area (Å²) < 4.78 is 1.20. The van der Waals surface area contributed by atoms with Crippen LogP contribution in [0.15, 0.2) is 29.3 Å². The Morgan fingerprint density at radius 3 is 2.43 bits per heavy atom. The highest BCUT2D eigenvalue weighted by Gasteiger charge is 2.00. The topological polar surface area (TPSA) is 12.0 Å². The molecule has 1 N–H and O–H groups in total. The molecule has 0 saturated heterocycles. The van der Waals surface area contributed by atoms with E-state index in [0.717, 1.165) is 13.0 Å². The first kappa shape index (κ1) is 11.3. The third-order valence-electron chi connectivity index (χ3n) is 2.11. The third-order valence-corrected chi connectivity index (χ3v) is 3.36. The second-order valence-electron chi connectivity index (χ2n) is 3.43. The molecule has 0 aliphatic heterocycles. The predicted octanol–water partition coefficient (Wildman–Crippen LogP) is 4.05. The van der Waals surface area contributed by atoms with Gasteiger partial charge in [0.1, 0.15) is 0 Å². The fourth-order valence-electron chi connectivity index (χ4n) is 1.37. The molecule has 0 aromatic heterocycles. The highest BCUT2D eigenvalue weighted by Crippen LogP contribution is 2.24. The SMILES string of the molecule is C=CCCNc1cc(C)c(Br)c(C)c1. The number of nitrogens with one attached hydrogen (secondary N) is 1. The molecule has 0 amide bonds. The van der Waals surface area contributed by atoms with Gasteiger partial charge in [-0.2, -0.15) is 0 Å². The fraction of sp³-hybridized carbons (Fsp3) is 0.333. The number of hydrogen-bond acceptors (Lipinski definition) is 1. The van der Waals surface area contributed by atoms with Crippen molar-refractivity contribution in [3.8, 4) is 0 Å². The molecular weight excluding hydrogens is 238 g/mol. The lowest BCUT2D eigenvalue weighted by Crippen LogP contribution is -2.00. The molecule has 1 aromatic carbocycles. The number of rotatable bonds is 4. The van der Waals surface area contributed by atoms with Crippen LogP contribution in [-0.4, -0.2) is 6.54 Å². The quantitative estimate of drug-likeness (QED) is 0.631. The summed E-state index contributed by atoms with van der Waals surface area (Å²) in [5.41, 5.74) is 3.72. The summed E-state index contributed by atoms with van der Waals surface area (Å²) in [5, 5.41) is 3.36. The van der Waals surface area contributed by atoms with Gasteiger partial charge in [-0.3, -0.25) is 0 Å². The summed E-state index contributed by atoms with van der Waals surface area (Å²) in [6.07, 6.45) is 2.92. The van der Waals surface area contributed by atoms with Crippen LogP contribution in [0.25, 0.3) is 0 Å². The Morgan fingerprint density at radius 1 is 1.36 bits per heavy atom. The lowest BCUT2D eigenvalue weighted by atomic mass is 10.1. The van der Waals surface area contributed by atoms with Gasteiger partial charge in [0.15, 0.2) is 0 Å². The van der Waals surface area contributed by atoms with E-state index in [9.17, 15) is 0 Å². The van der Waals surface area contributed by atoms with Gasteiger partial charge in [-0.05, 0) is 43.5 Å². The minimum Gasteiger partial charge on any atom is -0.385 e. The van der Waals surface area contributed by atoms with E-state index >= 15 is 0 Å².